The van der Waals surface area contributed by atoms with Crippen LogP contribution in [0, 0.1) is 10.1 Å². The molecule has 0 aliphatic carbocycles. The second-order valence-corrected chi connectivity index (χ2v) is 8.03. The molecule has 1 fully saturated rings. The highest BCUT2D eigenvalue weighted by Crippen LogP contribution is 2.40. The lowest BCUT2D eigenvalue weighted by atomic mass is 9.80. The van der Waals surface area contributed by atoms with Gasteiger partial charge in [0, 0.05) is 23.5 Å². The van der Waals surface area contributed by atoms with Gasteiger partial charge in [-0.1, -0.05) is 12.1 Å². The number of nitrogens with one attached hydrogen (secondary N) is 1. The van der Waals surface area contributed by atoms with Gasteiger partial charge in [-0.15, -0.1) is 0 Å². The van der Waals surface area contributed by atoms with Gasteiger partial charge in [0.2, 0.25) is 0 Å². The van der Waals surface area contributed by atoms with E-state index < -0.39 is 34.7 Å². The zero-order valence-electron chi connectivity index (χ0n) is 18.6. The molecule has 10 nitrogen and oxygen atoms in total. The summed E-state index contributed by atoms with van der Waals surface area (Å²) in [7, 11) is 1.23. The summed E-state index contributed by atoms with van der Waals surface area (Å²) in [6.07, 6.45) is -0.431. The van der Waals surface area contributed by atoms with E-state index in [0.29, 0.717) is 17.0 Å². The Morgan fingerprint density at radius 3 is 2.44 bits per heavy atom. The Kier molecular flexibility index (Phi) is 6.65. The van der Waals surface area contributed by atoms with Crippen molar-refractivity contribution in [2.24, 2.45) is 0 Å². The quantitative estimate of drug-likeness (QED) is 0.399. The van der Waals surface area contributed by atoms with Gasteiger partial charge in [-0.25, -0.2) is 9.59 Å². The number of hydrogen-bond donors (Lipinski definition) is 1. The van der Waals surface area contributed by atoms with Gasteiger partial charge in [-0.05, 0) is 33.3 Å². The molecule has 0 unspecified atom stereocenters. The lowest BCUT2D eigenvalue weighted by Gasteiger charge is -2.30. The van der Waals surface area contributed by atoms with Crippen LogP contribution in [0.25, 0.3) is 0 Å². The minimum Gasteiger partial charge on any atom is -0.466 e. The third kappa shape index (κ3) is 4.81. The Labute approximate surface area is 185 Å². The van der Waals surface area contributed by atoms with Gasteiger partial charge in [-0.2, -0.15) is 0 Å². The van der Waals surface area contributed by atoms with Gasteiger partial charge in [-0.3, -0.25) is 10.1 Å². The first-order chi connectivity index (χ1) is 15.0. The van der Waals surface area contributed by atoms with Crippen LogP contribution in [-0.4, -0.2) is 49.1 Å². The Hall–Kier alpha value is -3.24. The first-order valence-corrected chi connectivity index (χ1v) is 10.0. The third-order valence-electron chi connectivity index (χ3n) is 5.27. The van der Waals surface area contributed by atoms with Crippen molar-refractivity contribution < 1.29 is 33.5 Å². The predicted molar refractivity (Wildman–Crippen MR) is 112 cm³/mol. The molecule has 3 rings (SSSR count). The van der Waals surface area contributed by atoms with Crippen molar-refractivity contribution in [3.05, 3.63) is 62.5 Å². The van der Waals surface area contributed by atoms with Gasteiger partial charge in [0.1, 0.15) is 12.7 Å². The van der Waals surface area contributed by atoms with Gasteiger partial charge in [0.25, 0.3) is 5.69 Å². The van der Waals surface area contributed by atoms with Crippen molar-refractivity contribution in [1.29, 1.82) is 0 Å². The highest BCUT2D eigenvalue weighted by molar-refractivity contribution is 5.99. The molecule has 0 radical (unpaired) electrons. The maximum absolute atomic E-state index is 13.2. The molecule has 10 heteroatoms. The summed E-state index contributed by atoms with van der Waals surface area (Å²) >= 11 is 0. The molecule has 32 heavy (non-hydrogen) atoms. The Morgan fingerprint density at radius 1 is 1.22 bits per heavy atom. The topological polar surface area (TPSA) is 126 Å². The van der Waals surface area contributed by atoms with Crippen molar-refractivity contribution in [1.82, 2.24) is 5.32 Å². The highest BCUT2D eigenvalue weighted by atomic mass is 16.7. The molecule has 2 atom stereocenters. The number of carbonyl (C=O) groups excluding carboxylic acids is 2. The van der Waals surface area contributed by atoms with Crippen LogP contribution in [0.15, 0.2) is 46.8 Å². The van der Waals surface area contributed by atoms with E-state index in [1.807, 2.05) is 0 Å². The number of ether oxygens (including phenoxy) is 4. The predicted octanol–water partition coefficient (Wildman–Crippen LogP) is 2.70. The molecule has 1 N–H and O–H groups in total. The number of allylic oxidation sites excluding steroid dienone is 2. The number of nitro benzene ring substituents is 1. The van der Waals surface area contributed by atoms with Crippen molar-refractivity contribution >= 4 is 17.6 Å². The number of nitrogens with zero attached hydrogens (tertiary/aromatic N) is 1. The molecule has 2 aliphatic heterocycles. The van der Waals surface area contributed by atoms with Crippen LogP contribution >= 0.6 is 0 Å². The van der Waals surface area contributed by atoms with Crippen LogP contribution in [0.3, 0.4) is 0 Å². The minimum atomic E-state index is -0.909. The first-order valence-electron chi connectivity index (χ1n) is 10.0. The maximum atomic E-state index is 13.2. The van der Waals surface area contributed by atoms with Gasteiger partial charge in [0.05, 0.1) is 35.7 Å². The molecule has 0 spiro atoms. The van der Waals surface area contributed by atoms with E-state index in [-0.39, 0.29) is 30.0 Å². The van der Waals surface area contributed by atoms with Gasteiger partial charge < -0.3 is 24.3 Å². The lowest BCUT2D eigenvalue weighted by Crippen LogP contribution is -2.33. The molecule has 0 aromatic heterocycles. The monoisotopic (exact) mass is 446 g/mol. The molecule has 2 heterocycles. The van der Waals surface area contributed by atoms with Crippen LogP contribution in [0.5, 0.6) is 0 Å². The lowest BCUT2D eigenvalue weighted by molar-refractivity contribution is -0.384. The summed E-state index contributed by atoms with van der Waals surface area (Å²) in [4.78, 5) is 36.6. The maximum Gasteiger partial charge on any atom is 0.336 e. The second kappa shape index (κ2) is 9.09. The average molecular weight is 446 g/mol. The van der Waals surface area contributed by atoms with Crippen LogP contribution in [-0.2, 0) is 28.5 Å². The molecule has 2 aliphatic rings. The molecule has 1 aromatic rings. The van der Waals surface area contributed by atoms with E-state index in [1.165, 1.54) is 25.3 Å². The molecule has 0 bridgehead atoms. The SMILES string of the molecule is COC(=O)C1=C(C)NC(C)=C(C(=O)OC[C@H]2COC(C)(C)O2)[C@H]1c1cccc([N+](=O)[O-])c1. The number of dihydropyridines is 1. The summed E-state index contributed by atoms with van der Waals surface area (Å²) in [6, 6.07) is 5.80. The highest BCUT2D eigenvalue weighted by Gasteiger charge is 2.39. The second-order valence-electron chi connectivity index (χ2n) is 8.03. The van der Waals surface area contributed by atoms with E-state index in [9.17, 15) is 19.7 Å². The number of esters is 2. The summed E-state index contributed by atoms with van der Waals surface area (Å²) in [5, 5.41) is 14.3. The Balaban J connectivity index is 1.97. The van der Waals surface area contributed by atoms with E-state index in [4.69, 9.17) is 18.9 Å². The van der Waals surface area contributed by atoms with E-state index in [0.717, 1.165) is 0 Å². The summed E-state index contributed by atoms with van der Waals surface area (Å²) in [5.74, 6) is -3.00. The normalized spacial score (nSPS) is 22.4. The van der Waals surface area contributed by atoms with E-state index in [2.05, 4.69) is 5.32 Å². The average Bonchev–Trinajstić information content (AvgIpc) is 3.09. The number of non-ortho nitro benzene ring substituents is 1. The number of benzene rings is 1. The number of rotatable bonds is 6. The number of nitro groups is 1. The third-order valence-corrected chi connectivity index (χ3v) is 5.27. The van der Waals surface area contributed by atoms with Crippen molar-refractivity contribution in [2.45, 2.75) is 45.5 Å². The number of methoxy groups -OCH3 is 1. The Bertz CT molecular complexity index is 1010. The van der Waals surface area contributed by atoms with Gasteiger partial charge >= 0.3 is 11.9 Å². The standard InChI is InChI=1S/C22H26N2O8/c1-12-17(20(25)29-5)19(14-7-6-8-15(9-14)24(27)28)18(13(2)23-12)21(26)30-10-16-11-31-22(3,4)32-16/h6-9,16,19,23H,10-11H2,1-5H3/t16-,19-/m0/s1. The molecular formula is C22H26N2O8. The summed E-state index contributed by atoms with van der Waals surface area (Å²) in [5.41, 5.74) is 1.53. The fourth-order valence-electron chi connectivity index (χ4n) is 3.89. The first kappa shape index (κ1) is 23.4. The largest absolute Gasteiger partial charge is 0.466 e. The van der Waals surface area contributed by atoms with Crippen LogP contribution in [0.1, 0.15) is 39.2 Å². The molecule has 0 amide bonds. The molecule has 0 saturated carbocycles. The smallest absolute Gasteiger partial charge is 0.336 e. The van der Waals surface area contributed by atoms with E-state index >= 15 is 0 Å². The fourth-order valence-corrected chi connectivity index (χ4v) is 3.89. The van der Waals surface area contributed by atoms with Crippen LogP contribution < -0.4 is 5.32 Å². The zero-order chi connectivity index (χ0) is 23.6. The van der Waals surface area contributed by atoms with Crippen molar-refractivity contribution in [3.8, 4) is 0 Å². The summed E-state index contributed by atoms with van der Waals surface area (Å²) < 4.78 is 21.6. The zero-order valence-corrected chi connectivity index (χ0v) is 18.6. The molecule has 172 valence electrons. The molecule has 1 aromatic carbocycles. The minimum absolute atomic E-state index is 0.0447. The molecule has 1 saturated heterocycles. The number of carbonyl (C=O) groups is 2. The van der Waals surface area contributed by atoms with Crippen molar-refractivity contribution in [2.75, 3.05) is 20.3 Å². The van der Waals surface area contributed by atoms with E-state index in [1.54, 1.807) is 33.8 Å². The van der Waals surface area contributed by atoms with Crippen LogP contribution in [0.2, 0.25) is 0 Å². The Morgan fingerprint density at radius 2 is 1.88 bits per heavy atom. The van der Waals surface area contributed by atoms with Crippen LogP contribution in [0.4, 0.5) is 5.69 Å². The van der Waals surface area contributed by atoms with Gasteiger partial charge in [0.15, 0.2) is 5.79 Å². The van der Waals surface area contributed by atoms with Crippen molar-refractivity contribution in [3.63, 3.8) is 0 Å². The fraction of sp³-hybridized carbons (Fsp3) is 0.455. The summed E-state index contributed by atoms with van der Waals surface area (Å²) in [6.45, 7) is 7.11. The molecular weight excluding hydrogens is 420 g/mol. The number of hydrogen-bond acceptors (Lipinski definition) is 9.